The molecule has 0 heterocycles. The first-order valence-electron chi connectivity index (χ1n) is 14.3. The van der Waals surface area contributed by atoms with Gasteiger partial charge in [0.25, 0.3) is 10.1 Å². The molecule has 0 bridgehead atoms. The van der Waals surface area contributed by atoms with Crippen LogP contribution in [-0.4, -0.2) is 18.9 Å². The number of rotatable bonds is 20. The summed E-state index contributed by atoms with van der Waals surface area (Å²) in [6.45, 7) is 2.27. The highest BCUT2D eigenvalue weighted by Crippen LogP contribution is 2.18. The molecule has 2 rings (SSSR count). The highest BCUT2D eigenvalue weighted by Gasteiger charge is 2.12. The molecule has 0 spiro atoms. The van der Waals surface area contributed by atoms with E-state index in [1.54, 1.807) is 12.1 Å². The van der Waals surface area contributed by atoms with E-state index in [1.807, 2.05) is 12.1 Å². The summed E-state index contributed by atoms with van der Waals surface area (Å²) in [4.78, 5) is 12.1. The van der Waals surface area contributed by atoms with Crippen molar-refractivity contribution >= 4 is 16.1 Å². The summed E-state index contributed by atoms with van der Waals surface area (Å²) in [5, 5.41) is 0. The molecule has 1 N–H and O–H groups in total. The normalized spacial score (nSPS) is 11.5. The van der Waals surface area contributed by atoms with Crippen molar-refractivity contribution in [3.8, 4) is 5.75 Å². The summed E-state index contributed by atoms with van der Waals surface area (Å²) in [6, 6.07) is 12.5. The molecule has 206 valence electrons. The fourth-order valence-electron chi connectivity index (χ4n) is 4.53. The molecule has 0 fully saturated rings. The molecule has 6 heteroatoms. The molecule has 0 radical (unpaired) electrons. The standard InChI is InChI=1S/C31H46O5S/c1-2-3-4-5-6-7-8-9-10-11-12-13-14-15-16-17-18-27-19-21-28(22-20-27)31(32)36-29-23-25-30(26-24-29)37(33,34)35/h19-26H,2-18H2,1H3,(H,33,34,35). The number of unbranched alkanes of at least 4 members (excludes halogenated alkanes) is 15. The Kier molecular flexibility index (Phi) is 15.2. The van der Waals surface area contributed by atoms with Crippen LogP contribution in [0.25, 0.3) is 0 Å². The second-order valence-electron chi connectivity index (χ2n) is 10.1. The number of benzene rings is 2. The lowest BCUT2D eigenvalue weighted by Crippen LogP contribution is -2.08. The predicted octanol–water partition coefficient (Wildman–Crippen LogP) is 8.96. The zero-order chi connectivity index (χ0) is 26.8. The van der Waals surface area contributed by atoms with Gasteiger partial charge >= 0.3 is 5.97 Å². The monoisotopic (exact) mass is 530 g/mol. The Labute approximate surface area is 224 Å². The van der Waals surface area contributed by atoms with E-state index in [0.29, 0.717) is 5.56 Å². The van der Waals surface area contributed by atoms with E-state index < -0.39 is 16.1 Å². The van der Waals surface area contributed by atoms with Crippen LogP contribution in [0.4, 0.5) is 0 Å². The van der Waals surface area contributed by atoms with Crippen LogP contribution < -0.4 is 4.74 Å². The fraction of sp³-hybridized carbons (Fsp3) is 0.581. The third-order valence-electron chi connectivity index (χ3n) is 6.84. The smallest absolute Gasteiger partial charge is 0.343 e. The summed E-state index contributed by atoms with van der Waals surface area (Å²) in [5.41, 5.74) is 1.65. The Morgan fingerprint density at radius 1 is 0.649 bits per heavy atom. The molecule has 0 amide bonds. The van der Waals surface area contributed by atoms with Crippen molar-refractivity contribution in [1.82, 2.24) is 0 Å². The van der Waals surface area contributed by atoms with E-state index in [9.17, 15) is 13.2 Å². The van der Waals surface area contributed by atoms with Crippen LogP contribution >= 0.6 is 0 Å². The number of hydrogen-bond donors (Lipinski definition) is 1. The summed E-state index contributed by atoms with van der Waals surface area (Å²) in [6.07, 6.45) is 22.8. The van der Waals surface area contributed by atoms with Crippen LogP contribution in [0.1, 0.15) is 126 Å². The Morgan fingerprint density at radius 3 is 1.51 bits per heavy atom. The van der Waals surface area contributed by atoms with Gasteiger partial charge in [0.2, 0.25) is 0 Å². The lowest BCUT2D eigenvalue weighted by atomic mass is 10.0. The average molecular weight is 531 g/mol. The lowest BCUT2D eigenvalue weighted by molar-refractivity contribution is 0.0734. The fourth-order valence-corrected chi connectivity index (χ4v) is 5.01. The van der Waals surface area contributed by atoms with Crippen molar-refractivity contribution in [2.45, 2.75) is 121 Å². The number of ether oxygens (including phenoxy) is 1. The van der Waals surface area contributed by atoms with Gasteiger partial charge in [-0.2, -0.15) is 8.42 Å². The van der Waals surface area contributed by atoms with Crippen LogP contribution in [0.15, 0.2) is 53.4 Å². The number of carbonyl (C=O) groups is 1. The van der Waals surface area contributed by atoms with Crippen molar-refractivity contribution in [2.75, 3.05) is 0 Å². The van der Waals surface area contributed by atoms with E-state index in [1.165, 1.54) is 126 Å². The molecule has 0 unspecified atom stereocenters. The summed E-state index contributed by atoms with van der Waals surface area (Å²) in [7, 11) is -4.27. The van der Waals surface area contributed by atoms with Gasteiger partial charge in [0.1, 0.15) is 5.75 Å². The van der Waals surface area contributed by atoms with Gasteiger partial charge in [0.15, 0.2) is 0 Å². The minimum Gasteiger partial charge on any atom is -0.423 e. The molecule has 2 aromatic carbocycles. The molecule has 0 atom stereocenters. The molecule has 0 aliphatic rings. The quantitative estimate of drug-likeness (QED) is 0.0799. The topological polar surface area (TPSA) is 80.7 Å². The van der Waals surface area contributed by atoms with Gasteiger partial charge in [-0.3, -0.25) is 4.55 Å². The maximum Gasteiger partial charge on any atom is 0.343 e. The Balaban J connectivity index is 1.49. The molecular formula is C31H46O5S. The number of carbonyl (C=O) groups excluding carboxylic acids is 1. The van der Waals surface area contributed by atoms with Crippen LogP contribution in [0.5, 0.6) is 5.75 Å². The second-order valence-corrected chi connectivity index (χ2v) is 11.5. The first-order chi connectivity index (χ1) is 17.9. The summed E-state index contributed by atoms with van der Waals surface area (Å²) in [5.74, 6) is -0.289. The zero-order valence-electron chi connectivity index (χ0n) is 22.6. The SMILES string of the molecule is CCCCCCCCCCCCCCCCCCc1ccc(C(=O)Oc2ccc(S(=O)(=O)O)cc2)cc1. The minimum absolute atomic E-state index is 0.217. The van der Waals surface area contributed by atoms with Gasteiger partial charge in [0, 0.05) is 0 Å². The van der Waals surface area contributed by atoms with Gasteiger partial charge in [0.05, 0.1) is 10.5 Å². The van der Waals surface area contributed by atoms with Gasteiger partial charge < -0.3 is 4.74 Å². The third kappa shape index (κ3) is 13.8. The zero-order valence-corrected chi connectivity index (χ0v) is 23.4. The first kappa shape index (κ1) is 31.0. The van der Waals surface area contributed by atoms with E-state index in [-0.39, 0.29) is 10.6 Å². The Bertz CT molecular complexity index is 981. The van der Waals surface area contributed by atoms with Crippen molar-refractivity contribution in [3.05, 3.63) is 59.7 Å². The van der Waals surface area contributed by atoms with Crippen molar-refractivity contribution in [1.29, 1.82) is 0 Å². The molecule has 0 aromatic heterocycles. The van der Waals surface area contributed by atoms with Crippen LogP contribution in [0.2, 0.25) is 0 Å². The lowest BCUT2D eigenvalue weighted by Gasteiger charge is -2.07. The molecule has 0 aliphatic heterocycles. The highest BCUT2D eigenvalue weighted by atomic mass is 32.2. The molecule has 0 aliphatic carbocycles. The van der Waals surface area contributed by atoms with E-state index in [2.05, 4.69) is 6.92 Å². The van der Waals surface area contributed by atoms with Crippen LogP contribution in [0.3, 0.4) is 0 Å². The largest absolute Gasteiger partial charge is 0.423 e. The minimum atomic E-state index is -4.27. The van der Waals surface area contributed by atoms with E-state index in [4.69, 9.17) is 9.29 Å². The maximum atomic E-state index is 12.3. The predicted molar refractivity (Wildman–Crippen MR) is 151 cm³/mol. The molecule has 0 saturated carbocycles. The average Bonchev–Trinajstić information content (AvgIpc) is 2.88. The van der Waals surface area contributed by atoms with Crippen molar-refractivity contribution in [2.24, 2.45) is 0 Å². The van der Waals surface area contributed by atoms with Crippen LogP contribution in [0, 0.1) is 0 Å². The molecule has 0 saturated heterocycles. The van der Waals surface area contributed by atoms with Crippen molar-refractivity contribution < 1.29 is 22.5 Å². The summed E-state index contributed by atoms with van der Waals surface area (Å²) >= 11 is 0. The Morgan fingerprint density at radius 2 is 1.08 bits per heavy atom. The van der Waals surface area contributed by atoms with Gasteiger partial charge in [-0.15, -0.1) is 0 Å². The van der Waals surface area contributed by atoms with Gasteiger partial charge in [-0.05, 0) is 54.8 Å². The molecule has 2 aromatic rings. The van der Waals surface area contributed by atoms with Crippen molar-refractivity contribution in [3.63, 3.8) is 0 Å². The third-order valence-corrected chi connectivity index (χ3v) is 7.71. The second kappa shape index (κ2) is 18.1. The van der Waals surface area contributed by atoms with Gasteiger partial charge in [-0.1, -0.05) is 115 Å². The highest BCUT2D eigenvalue weighted by molar-refractivity contribution is 7.85. The molecular weight excluding hydrogens is 484 g/mol. The van der Waals surface area contributed by atoms with E-state index >= 15 is 0 Å². The Hall–Kier alpha value is -2.18. The molecule has 37 heavy (non-hydrogen) atoms. The first-order valence-corrected chi connectivity index (χ1v) is 15.7. The van der Waals surface area contributed by atoms with Gasteiger partial charge in [-0.25, -0.2) is 4.79 Å². The number of hydrogen-bond acceptors (Lipinski definition) is 4. The number of esters is 1. The maximum absolute atomic E-state index is 12.3. The van der Waals surface area contributed by atoms with E-state index in [0.717, 1.165) is 12.8 Å². The number of aryl methyl sites for hydroxylation is 1. The molecule has 5 nitrogen and oxygen atoms in total. The summed E-state index contributed by atoms with van der Waals surface area (Å²) < 4.78 is 36.5. The van der Waals surface area contributed by atoms with Crippen LogP contribution in [-0.2, 0) is 16.5 Å².